The zero-order valence-electron chi connectivity index (χ0n) is 15.2. The number of benzene rings is 2. The minimum Gasteiger partial charge on any atom is -0.273 e. The third-order valence-electron chi connectivity index (χ3n) is 5.24. The Labute approximate surface area is 172 Å². The molecule has 144 valence electrons. The molecule has 1 aromatic heterocycles. The lowest BCUT2D eigenvalue weighted by Crippen LogP contribution is -2.37. The van der Waals surface area contributed by atoms with Gasteiger partial charge in [0, 0.05) is 17.4 Å². The molecule has 2 aliphatic rings. The number of carbonyl (C=O) groups excluding carboxylic acids is 2. The summed E-state index contributed by atoms with van der Waals surface area (Å²) in [6.45, 7) is 0. The number of carbonyl (C=O) groups is 2. The summed E-state index contributed by atoms with van der Waals surface area (Å²) in [5.41, 5.74) is 2.08. The predicted octanol–water partition coefficient (Wildman–Crippen LogP) is 3.79. The number of fused-ring (bicyclic) bond motifs is 1. The number of rotatable bonds is 3. The second-order valence-corrected chi connectivity index (χ2v) is 7.37. The molecule has 2 fully saturated rings. The molecule has 2 amide bonds. The molecule has 2 aromatic carbocycles. The van der Waals surface area contributed by atoms with E-state index >= 15 is 0 Å². The minimum absolute atomic E-state index is 0.303. The first-order valence-electron chi connectivity index (χ1n) is 9.19. The summed E-state index contributed by atoms with van der Waals surface area (Å²) in [4.78, 5) is 37.9. The van der Waals surface area contributed by atoms with Crippen LogP contribution in [0.15, 0.2) is 79.1 Å². The number of imide groups is 1. The quantitative estimate of drug-likeness (QED) is 0.620. The van der Waals surface area contributed by atoms with Crippen LogP contribution >= 0.6 is 11.6 Å². The van der Waals surface area contributed by atoms with Gasteiger partial charge in [0.25, 0.3) is 5.91 Å². The van der Waals surface area contributed by atoms with Crippen LogP contribution in [0, 0.1) is 5.92 Å². The highest BCUT2D eigenvalue weighted by Crippen LogP contribution is 2.47. The number of pyridine rings is 1. The Bertz CT molecular complexity index is 1080. The van der Waals surface area contributed by atoms with Crippen molar-refractivity contribution in [2.45, 2.75) is 12.1 Å². The highest BCUT2D eigenvalue weighted by atomic mass is 35.5. The van der Waals surface area contributed by atoms with Gasteiger partial charge < -0.3 is 0 Å². The maximum Gasteiger partial charge on any atom is 0.266 e. The first-order valence-corrected chi connectivity index (χ1v) is 9.57. The van der Waals surface area contributed by atoms with Gasteiger partial charge in [-0.25, -0.2) is 9.96 Å². The van der Waals surface area contributed by atoms with Gasteiger partial charge in [-0.2, -0.15) is 0 Å². The van der Waals surface area contributed by atoms with Gasteiger partial charge in [-0.1, -0.05) is 35.9 Å². The topological polar surface area (TPSA) is 62.7 Å². The van der Waals surface area contributed by atoms with Crippen LogP contribution in [-0.4, -0.2) is 22.9 Å². The van der Waals surface area contributed by atoms with E-state index in [1.54, 1.807) is 41.7 Å². The monoisotopic (exact) mass is 405 g/mol. The van der Waals surface area contributed by atoms with Gasteiger partial charge >= 0.3 is 0 Å². The third-order valence-corrected chi connectivity index (χ3v) is 5.48. The van der Waals surface area contributed by atoms with E-state index in [0.29, 0.717) is 10.7 Å². The summed E-state index contributed by atoms with van der Waals surface area (Å²) in [6, 6.07) is 19.4. The van der Waals surface area contributed by atoms with Gasteiger partial charge in [-0.3, -0.25) is 19.4 Å². The Morgan fingerprint density at radius 2 is 1.59 bits per heavy atom. The summed E-state index contributed by atoms with van der Waals surface area (Å²) in [7, 11) is 0. The average molecular weight is 406 g/mol. The maximum absolute atomic E-state index is 13.4. The molecule has 0 saturated carbocycles. The smallest absolute Gasteiger partial charge is 0.266 e. The molecule has 2 aliphatic heterocycles. The van der Waals surface area contributed by atoms with Crippen molar-refractivity contribution in [2.75, 3.05) is 9.96 Å². The fraction of sp³-hybridized carbons (Fsp3) is 0.136. The van der Waals surface area contributed by atoms with Gasteiger partial charge in [0.1, 0.15) is 5.92 Å². The first kappa shape index (κ1) is 17.8. The van der Waals surface area contributed by atoms with Crippen molar-refractivity contribution in [3.05, 3.63) is 89.7 Å². The molecule has 5 rings (SSSR count). The Morgan fingerprint density at radius 3 is 2.31 bits per heavy atom. The standard InChI is InChI=1S/C22H16ClN3O3/c23-15-5-4-8-17(13-15)25-21(27)18-19(14-9-11-24-12-10-14)26(29-20(18)22(25)28)16-6-2-1-3-7-16/h1-13,18-20H/t18-,19+,20+/m0/s1. The van der Waals surface area contributed by atoms with Crippen LogP contribution < -0.4 is 9.96 Å². The second-order valence-electron chi connectivity index (χ2n) is 6.93. The Balaban J connectivity index is 1.59. The molecule has 7 heteroatoms. The van der Waals surface area contributed by atoms with Gasteiger partial charge in [0.05, 0.1) is 17.4 Å². The predicted molar refractivity (Wildman–Crippen MR) is 108 cm³/mol. The molecule has 3 atom stereocenters. The van der Waals surface area contributed by atoms with Gasteiger partial charge in [0.2, 0.25) is 5.91 Å². The van der Waals surface area contributed by atoms with Crippen molar-refractivity contribution in [3.8, 4) is 0 Å². The molecule has 0 bridgehead atoms. The van der Waals surface area contributed by atoms with E-state index in [2.05, 4.69) is 4.98 Å². The van der Waals surface area contributed by atoms with E-state index in [-0.39, 0.29) is 11.8 Å². The lowest BCUT2D eigenvalue weighted by molar-refractivity contribution is -0.126. The van der Waals surface area contributed by atoms with Gasteiger partial charge in [0.15, 0.2) is 6.10 Å². The van der Waals surface area contributed by atoms with Crippen LogP contribution in [0.4, 0.5) is 11.4 Å². The highest BCUT2D eigenvalue weighted by molar-refractivity contribution is 6.31. The number of para-hydroxylation sites is 1. The van der Waals surface area contributed by atoms with Crippen molar-refractivity contribution in [2.24, 2.45) is 5.92 Å². The zero-order valence-corrected chi connectivity index (χ0v) is 15.9. The molecule has 0 unspecified atom stereocenters. The molecular weight excluding hydrogens is 390 g/mol. The lowest BCUT2D eigenvalue weighted by Gasteiger charge is -2.28. The van der Waals surface area contributed by atoms with Gasteiger partial charge in [-0.05, 0) is 48.0 Å². The summed E-state index contributed by atoms with van der Waals surface area (Å²) in [5.74, 6) is -1.37. The Kier molecular flexibility index (Phi) is 4.30. The fourth-order valence-corrected chi connectivity index (χ4v) is 4.17. The number of anilines is 2. The number of hydrogen-bond donors (Lipinski definition) is 0. The summed E-state index contributed by atoms with van der Waals surface area (Å²) in [5, 5.41) is 2.12. The minimum atomic E-state index is -0.903. The molecular formula is C22H16ClN3O3. The van der Waals surface area contributed by atoms with E-state index < -0.39 is 18.1 Å². The number of halogens is 1. The van der Waals surface area contributed by atoms with E-state index in [0.717, 1.165) is 11.3 Å². The van der Waals surface area contributed by atoms with E-state index in [1.807, 2.05) is 42.5 Å². The average Bonchev–Trinajstić information content (AvgIpc) is 3.26. The molecule has 0 spiro atoms. The molecule has 0 aliphatic carbocycles. The Morgan fingerprint density at radius 1 is 0.862 bits per heavy atom. The molecule has 0 radical (unpaired) electrons. The van der Waals surface area contributed by atoms with E-state index in [4.69, 9.17) is 16.4 Å². The third kappa shape index (κ3) is 2.88. The maximum atomic E-state index is 13.4. The Hall–Kier alpha value is -3.22. The number of nitrogens with zero attached hydrogens (tertiary/aromatic N) is 3. The molecule has 29 heavy (non-hydrogen) atoms. The number of aromatic nitrogens is 1. The highest BCUT2D eigenvalue weighted by Gasteiger charge is 2.60. The van der Waals surface area contributed by atoms with Crippen LogP contribution in [0.25, 0.3) is 0 Å². The molecule has 3 aromatic rings. The molecule has 6 nitrogen and oxygen atoms in total. The van der Waals surface area contributed by atoms with Crippen LogP contribution in [-0.2, 0) is 14.4 Å². The summed E-state index contributed by atoms with van der Waals surface area (Å²) >= 11 is 6.07. The zero-order chi connectivity index (χ0) is 20.0. The molecule has 3 heterocycles. The van der Waals surface area contributed by atoms with Crippen molar-refractivity contribution < 1.29 is 14.4 Å². The van der Waals surface area contributed by atoms with Crippen LogP contribution in [0.2, 0.25) is 5.02 Å². The summed E-state index contributed by atoms with van der Waals surface area (Å²) < 4.78 is 0. The van der Waals surface area contributed by atoms with Crippen molar-refractivity contribution in [3.63, 3.8) is 0 Å². The van der Waals surface area contributed by atoms with Gasteiger partial charge in [-0.15, -0.1) is 0 Å². The summed E-state index contributed by atoms with van der Waals surface area (Å²) in [6.07, 6.45) is 2.43. The SMILES string of the molecule is O=C1[C@H]2[C@@H](c3ccncc3)N(c3ccccc3)O[C@H]2C(=O)N1c1cccc(Cl)c1. The van der Waals surface area contributed by atoms with E-state index in [1.165, 1.54) is 4.90 Å². The van der Waals surface area contributed by atoms with E-state index in [9.17, 15) is 9.59 Å². The fourth-order valence-electron chi connectivity index (χ4n) is 3.98. The second kappa shape index (κ2) is 6.99. The number of hydrogen-bond acceptors (Lipinski definition) is 5. The van der Waals surface area contributed by atoms with Crippen molar-refractivity contribution in [1.29, 1.82) is 0 Å². The first-order chi connectivity index (χ1) is 14.1. The van der Waals surface area contributed by atoms with Crippen LogP contribution in [0.1, 0.15) is 11.6 Å². The largest absolute Gasteiger partial charge is 0.273 e. The molecule has 0 N–H and O–H groups in total. The normalized spacial score (nSPS) is 23.6. The van der Waals surface area contributed by atoms with Crippen molar-refractivity contribution >= 4 is 34.8 Å². The van der Waals surface area contributed by atoms with Crippen LogP contribution in [0.3, 0.4) is 0 Å². The number of amides is 2. The van der Waals surface area contributed by atoms with Crippen molar-refractivity contribution in [1.82, 2.24) is 4.98 Å². The number of hydroxylamine groups is 1. The lowest BCUT2D eigenvalue weighted by atomic mass is 9.91. The molecule has 2 saturated heterocycles. The van der Waals surface area contributed by atoms with Crippen LogP contribution in [0.5, 0.6) is 0 Å².